The molecule has 0 amide bonds. The predicted molar refractivity (Wildman–Crippen MR) is 168 cm³/mol. The van der Waals surface area contributed by atoms with Crippen LogP contribution in [0.25, 0.3) is 22.3 Å². The van der Waals surface area contributed by atoms with Crippen LogP contribution in [0.15, 0.2) is 72.8 Å². The zero-order valence-electron chi connectivity index (χ0n) is 25.4. The van der Waals surface area contributed by atoms with E-state index in [9.17, 15) is 14.7 Å². The van der Waals surface area contributed by atoms with E-state index < -0.39 is 11.9 Å². The van der Waals surface area contributed by atoms with Gasteiger partial charge in [0.15, 0.2) is 0 Å². The van der Waals surface area contributed by atoms with E-state index in [0.717, 1.165) is 67.1 Å². The van der Waals surface area contributed by atoms with Gasteiger partial charge in [0.1, 0.15) is 31.3 Å². The van der Waals surface area contributed by atoms with Gasteiger partial charge in [-0.3, -0.25) is 9.59 Å². The van der Waals surface area contributed by atoms with Crippen molar-refractivity contribution in [2.24, 2.45) is 5.92 Å². The van der Waals surface area contributed by atoms with Crippen molar-refractivity contribution in [2.45, 2.75) is 53.6 Å². The molecule has 1 aliphatic carbocycles. The number of carboxylic acid groups (broad SMARTS) is 1. The van der Waals surface area contributed by atoms with Crippen LogP contribution in [0.2, 0.25) is 0 Å². The summed E-state index contributed by atoms with van der Waals surface area (Å²) >= 11 is 0. The van der Waals surface area contributed by atoms with Crippen LogP contribution in [0.3, 0.4) is 0 Å². The maximum atomic E-state index is 12.1. The molecule has 6 heteroatoms. The van der Waals surface area contributed by atoms with E-state index >= 15 is 0 Å². The number of ether oxygens (including phenoxy) is 3. The number of aliphatic carboxylic acids is 1. The highest BCUT2D eigenvalue weighted by molar-refractivity contribution is 5.83. The molecular weight excluding hydrogens is 540 g/mol. The van der Waals surface area contributed by atoms with E-state index in [2.05, 4.69) is 51.1 Å². The summed E-state index contributed by atoms with van der Waals surface area (Å²) in [7, 11) is 0. The number of carbonyl (C=O) groups excluding carboxylic acids is 1. The first-order valence-corrected chi connectivity index (χ1v) is 14.7. The Morgan fingerprint density at radius 3 is 2.19 bits per heavy atom. The number of benzene rings is 4. The highest BCUT2D eigenvalue weighted by atomic mass is 16.6. The lowest BCUT2D eigenvalue weighted by atomic mass is 9.82. The van der Waals surface area contributed by atoms with Crippen molar-refractivity contribution in [3.8, 4) is 33.8 Å². The van der Waals surface area contributed by atoms with Crippen LogP contribution in [0.4, 0.5) is 0 Å². The molecule has 43 heavy (non-hydrogen) atoms. The van der Waals surface area contributed by atoms with Gasteiger partial charge in [0.2, 0.25) is 0 Å². The van der Waals surface area contributed by atoms with E-state index in [-0.39, 0.29) is 18.5 Å². The van der Waals surface area contributed by atoms with Crippen LogP contribution < -0.4 is 9.47 Å². The Balaban J connectivity index is 1.36. The van der Waals surface area contributed by atoms with Gasteiger partial charge < -0.3 is 19.3 Å². The van der Waals surface area contributed by atoms with Crippen molar-refractivity contribution in [3.63, 3.8) is 0 Å². The second-order valence-corrected chi connectivity index (χ2v) is 11.2. The molecule has 222 valence electrons. The van der Waals surface area contributed by atoms with Crippen LogP contribution >= 0.6 is 0 Å². The third kappa shape index (κ3) is 6.14. The molecule has 1 N–H and O–H groups in total. The number of hydrogen-bond acceptors (Lipinski definition) is 5. The summed E-state index contributed by atoms with van der Waals surface area (Å²) in [6, 6.07) is 24.5. The summed E-state index contributed by atoms with van der Waals surface area (Å²) in [5.74, 6) is -0.229. The van der Waals surface area contributed by atoms with E-state index in [0.29, 0.717) is 19.6 Å². The molecule has 1 aliphatic rings. The number of aryl methyl sites for hydroxylation is 2. The van der Waals surface area contributed by atoms with Gasteiger partial charge in [-0.15, -0.1) is 0 Å². The molecule has 0 saturated heterocycles. The Morgan fingerprint density at radius 2 is 1.49 bits per heavy atom. The van der Waals surface area contributed by atoms with E-state index in [1.807, 2.05) is 49.4 Å². The highest BCUT2D eigenvalue weighted by Gasteiger charge is 2.37. The third-order valence-corrected chi connectivity index (χ3v) is 8.38. The molecule has 0 bridgehead atoms. The summed E-state index contributed by atoms with van der Waals surface area (Å²) in [5.41, 5.74) is 11.0. The minimum atomic E-state index is -0.766. The first-order chi connectivity index (χ1) is 20.7. The highest BCUT2D eigenvalue weighted by Crippen LogP contribution is 2.50. The van der Waals surface area contributed by atoms with Gasteiger partial charge in [-0.05, 0) is 107 Å². The molecule has 0 aromatic heterocycles. The zero-order valence-corrected chi connectivity index (χ0v) is 25.4. The van der Waals surface area contributed by atoms with E-state index in [1.54, 1.807) is 0 Å². The number of hydrogen-bond donors (Lipinski definition) is 1. The topological polar surface area (TPSA) is 82.1 Å². The number of carbonyl (C=O) groups is 2. The molecule has 6 nitrogen and oxygen atoms in total. The Bertz CT molecular complexity index is 1650. The molecular formula is C37H38O6. The maximum Gasteiger partial charge on any atom is 0.307 e. The van der Waals surface area contributed by atoms with Crippen molar-refractivity contribution < 1.29 is 28.9 Å². The van der Waals surface area contributed by atoms with E-state index in [1.165, 1.54) is 6.92 Å². The van der Waals surface area contributed by atoms with Crippen LogP contribution in [-0.4, -0.2) is 30.3 Å². The Kier molecular flexibility index (Phi) is 8.86. The average molecular weight is 579 g/mol. The average Bonchev–Trinajstić information content (AvgIpc) is 3.29. The molecule has 5 rings (SSSR count). The number of esters is 1. The van der Waals surface area contributed by atoms with Crippen molar-refractivity contribution in [3.05, 3.63) is 106 Å². The van der Waals surface area contributed by atoms with Crippen molar-refractivity contribution in [1.29, 1.82) is 0 Å². The Morgan fingerprint density at radius 1 is 0.791 bits per heavy atom. The molecule has 0 spiro atoms. The molecule has 2 unspecified atom stereocenters. The largest absolute Gasteiger partial charge is 0.490 e. The number of rotatable bonds is 11. The molecule has 0 aliphatic heterocycles. The van der Waals surface area contributed by atoms with Crippen LogP contribution in [0, 0.1) is 26.7 Å². The molecule has 0 saturated carbocycles. The second-order valence-electron chi connectivity index (χ2n) is 11.2. The molecule has 0 heterocycles. The summed E-state index contributed by atoms with van der Waals surface area (Å²) < 4.78 is 17.1. The molecule has 4 aromatic carbocycles. The van der Waals surface area contributed by atoms with Crippen LogP contribution in [-0.2, 0) is 20.9 Å². The maximum absolute atomic E-state index is 12.1. The van der Waals surface area contributed by atoms with Gasteiger partial charge in [-0.2, -0.15) is 0 Å². The Hall–Kier alpha value is -4.58. The molecule has 0 fully saturated rings. The quantitative estimate of drug-likeness (QED) is 0.143. The lowest BCUT2D eigenvalue weighted by Crippen LogP contribution is -2.21. The summed E-state index contributed by atoms with van der Waals surface area (Å²) in [5, 5.41) is 9.94. The molecule has 0 radical (unpaired) electrons. The third-order valence-electron chi connectivity index (χ3n) is 8.38. The predicted octanol–water partition coefficient (Wildman–Crippen LogP) is 8.02. The SMILES string of the molecule is CCC(C(=O)O)C1c2ccccc2-c2cc(OCc3cccc(-c4c(C)cc(OCCOC(C)=O)cc4C)c3C)ccc21. The smallest absolute Gasteiger partial charge is 0.307 e. The minimum absolute atomic E-state index is 0.168. The van der Waals surface area contributed by atoms with Crippen molar-refractivity contribution in [2.75, 3.05) is 13.2 Å². The van der Waals surface area contributed by atoms with Crippen LogP contribution in [0.1, 0.15) is 59.6 Å². The summed E-state index contributed by atoms with van der Waals surface area (Å²) in [6.07, 6.45) is 0.562. The van der Waals surface area contributed by atoms with Crippen molar-refractivity contribution >= 4 is 11.9 Å². The van der Waals surface area contributed by atoms with Gasteiger partial charge >= 0.3 is 11.9 Å². The fourth-order valence-corrected chi connectivity index (χ4v) is 6.35. The summed E-state index contributed by atoms with van der Waals surface area (Å²) in [4.78, 5) is 23.1. The first kappa shape index (κ1) is 29.9. The second kappa shape index (κ2) is 12.7. The lowest BCUT2D eigenvalue weighted by Gasteiger charge is -2.21. The fourth-order valence-electron chi connectivity index (χ4n) is 6.35. The fraction of sp³-hybridized carbons (Fsp3) is 0.297. The van der Waals surface area contributed by atoms with Gasteiger partial charge in [0, 0.05) is 12.8 Å². The lowest BCUT2D eigenvalue weighted by molar-refractivity contribution is -0.143. The standard InChI is InChI=1S/C37H38O6/c1-6-29(37(39)40)36-32-12-8-7-11-31(32)34-20-27(14-15-33(34)36)43-21-26-10-9-13-30(24(26)4)35-22(2)18-28(19-23(35)3)42-17-16-41-25(5)38/h7-15,18-20,29,36H,6,16-17,21H2,1-5H3,(H,39,40). The number of fused-ring (bicyclic) bond motifs is 3. The first-order valence-electron chi connectivity index (χ1n) is 14.7. The van der Waals surface area contributed by atoms with Crippen LogP contribution in [0.5, 0.6) is 11.5 Å². The summed E-state index contributed by atoms with van der Waals surface area (Å²) in [6.45, 7) is 10.5. The van der Waals surface area contributed by atoms with Gasteiger partial charge in [0.25, 0.3) is 0 Å². The molecule has 4 aromatic rings. The normalized spacial score (nSPS) is 14.0. The molecule has 2 atom stereocenters. The van der Waals surface area contributed by atoms with Crippen molar-refractivity contribution in [1.82, 2.24) is 0 Å². The van der Waals surface area contributed by atoms with Gasteiger partial charge in [-0.1, -0.05) is 55.5 Å². The number of carboxylic acids is 1. The monoisotopic (exact) mass is 578 g/mol. The minimum Gasteiger partial charge on any atom is -0.490 e. The van der Waals surface area contributed by atoms with E-state index in [4.69, 9.17) is 14.2 Å². The Labute approximate surface area is 253 Å². The van der Waals surface area contributed by atoms with Gasteiger partial charge in [0.05, 0.1) is 5.92 Å². The van der Waals surface area contributed by atoms with Gasteiger partial charge in [-0.25, -0.2) is 0 Å². The zero-order chi connectivity index (χ0) is 30.7.